The summed E-state index contributed by atoms with van der Waals surface area (Å²) in [6.45, 7) is 14.0. The monoisotopic (exact) mass is 388 g/mol. The quantitative estimate of drug-likeness (QED) is 0.640. The molecule has 2 N–H and O–H groups in total. The highest BCUT2D eigenvalue weighted by Crippen LogP contribution is 2.72. The number of ether oxygens (including phenoxy) is 1. The van der Waals surface area contributed by atoms with Gasteiger partial charge in [0.05, 0.1) is 17.8 Å². The van der Waals surface area contributed by atoms with Crippen LogP contribution in [-0.4, -0.2) is 34.1 Å². The van der Waals surface area contributed by atoms with Crippen LogP contribution in [-0.2, 0) is 4.74 Å². The van der Waals surface area contributed by atoms with Crippen LogP contribution in [0.4, 0.5) is 0 Å². The van der Waals surface area contributed by atoms with Crippen LogP contribution in [0.5, 0.6) is 0 Å². The number of aliphatic hydroxyl groups is 2. The van der Waals surface area contributed by atoms with Crippen LogP contribution >= 0.6 is 0 Å². The second-order valence-corrected chi connectivity index (χ2v) is 12.2. The molecule has 2 bridgehead atoms. The Bertz CT molecular complexity index is 715. The summed E-state index contributed by atoms with van der Waals surface area (Å²) in [5.41, 5.74) is 1.34. The van der Waals surface area contributed by atoms with E-state index in [1.165, 1.54) is 12.8 Å². The molecule has 158 valence electrons. The van der Waals surface area contributed by atoms with Crippen molar-refractivity contribution in [2.75, 3.05) is 0 Å². The normalized spacial score (nSPS) is 60.2. The fourth-order valence-corrected chi connectivity index (χ4v) is 8.97. The molecule has 0 aromatic carbocycles. The number of hydrogen-bond donors (Lipinski definition) is 2. The molecule has 0 radical (unpaired) electrons. The van der Waals surface area contributed by atoms with Gasteiger partial charge in [0.25, 0.3) is 0 Å². The van der Waals surface area contributed by atoms with Crippen molar-refractivity contribution in [3.8, 4) is 0 Å². The molecule has 0 spiro atoms. The van der Waals surface area contributed by atoms with Gasteiger partial charge in [0.2, 0.25) is 0 Å². The van der Waals surface area contributed by atoms with E-state index in [2.05, 4.69) is 47.6 Å². The fourth-order valence-electron chi connectivity index (χ4n) is 8.97. The molecular formula is C25H40O3. The van der Waals surface area contributed by atoms with Crippen molar-refractivity contribution < 1.29 is 14.9 Å². The van der Waals surface area contributed by atoms with E-state index in [0.717, 1.165) is 25.7 Å². The summed E-state index contributed by atoms with van der Waals surface area (Å²) in [7, 11) is 0. The Labute approximate surface area is 170 Å². The van der Waals surface area contributed by atoms with Crippen molar-refractivity contribution in [3.05, 3.63) is 11.6 Å². The standard InChI is InChI=1S/C25H40O3/c1-14(2)15-7-10-22(3)16(15)8-11-23(4)17-9-12-24(5)20(27)21(28-24)25(17,6)19(26)13-18(22)23/h8,14-15,17-21,26-27H,7,9-13H2,1-6H3/t15-,17+,18-,19-,20+,21+,22+,23+,24+,25-/m0/s1. The lowest BCUT2D eigenvalue weighted by Crippen LogP contribution is -2.71. The summed E-state index contributed by atoms with van der Waals surface area (Å²) in [4.78, 5) is 0. The molecule has 0 aromatic rings. The molecule has 0 unspecified atom stereocenters. The first-order valence-corrected chi connectivity index (χ1v) is 11.7. The maximum absolute atomic E-state index is 11.5. The summed E-state index contributed by atoms with van der Waals surface area (Å²) in [5, 5.41) is 22.5. The van der Waals surface area contributed by atoms with Crippen LogP contribution < -0.4 is 0 Å². The molecule has 5 fully saturated rings. The molecule has 0 aromatic heterocycles. The van der Waals surface area contributed by atoms with E-state index in [0.29, 0.717) is 23.7 Å². The zero-order valence-corrected chi connectivity index (χ0v) is 18.7. The first-order chi connectivity index (χ1) is 13.0. The Hall–Kier alpha value is -0.380. The van der Waals surface area contributed by atoms with Crippen LogP contribution in [0.2, 0.25) is 0 Å². The van der Waals surface area contributed by atoms with Crippen molar-refractivity contribution in [1.29, 1.82) is 0 Å². The van der Waals surface area contributed by atoms with E-state index in [1.807, 2.05) is 0 Å². The lowest BCUT2D eigenvalue weighted by Gasteiger charge is -2.66. The van der Waals surface area contributed by atoms with Gasteiger partial charge in [-0.2, -0.15) is 0 Å². The van der Waals surface area contributed by atoms with Gasteiger partial charge in [-0.1, -0.05) is 46.3 Å². The van der Waals surface area contributed by atoms with E-state index in [9.17, 15) is 10.2 Å². The minimum absolute atomic E-state index is 0.176. The van der Waals surface area contributed by atoms with E-state index >= 15 is 0 Å². The van der Waals surface area contributed by atoms with Gasteiger partial charge < -0.3 is 14.9 Å². The molecule has 28 heavy (non-hydrogen) atoms. The first kappa shape index (κ1) is 19.6. The third-order valence-electron chi connectivity index (χ3n) is 10.7. The Morgan fingerprint density at radius 1 is 1.04 bits per heavy atom. The lowest BCUT2D eigenvalue weighted by molar-refractivity contribution is -0.331. The Kier molecular flexibility index (Phi) is 3.95. The second-order valence-electron chi connectivity index (χ2n) is 12.2. The SMILES string of the molecule is CC(C)[C@@H]1CC[C@]2(C)C1=CC[C@]1(C)[C@H]3CC[C@@]4(C)O[C@H]([C@H]4O)[C@]3(C)[C@@H](O)C[C@H]12. The summed E-state index contributed by atoms with van der Waals surface area (Å²) in [6, 6.07) is 0. The molecule has 6 aliphatic rings. The van der Waals surface area contributed by atoms with Crippen LogP contribution in [0.3, 0.4) is 0 Å². The number of aliphatic hydroxyl groups excluding tert-OH is 2. The highest BCUT2D eigenvalue weighted by atomic mass is 16.6. The molecule has 6 rings (SSSR count). The Morgan fingerprint density at radius 2 is 1.75 bits per heavy atom. The molecule has 2 heterocycles. The molecule has 2 saturated heterocycles. The number of allylic oxidation sites excluding steroid dienone is 2. The molecule has 3 saturated carbocycles. The van der Waals surface area contributed by atoms with Gasteiger partial charge in [0, 0.05) is 5.41 Å². The lowest BCUT2D eigenvalue weighted by atomic mass is 9.41. The van der Waals surface area contributed by atoms with Crippen molar-refractivity contribution in [1.82, 2.24) is 0 Å². The Balaban J connectivity index is 1.59. The Morgan fingerprint density at radius 3 is 2.39 bits per heavy atom. The van der Waals surface area contributed by atoms with E-state index < -0.39 is 17.8 Å². The largest absolute Gasteiger partial charge is 0.392 e. The van der Waals surface area contributed by atoms with Crippen LogP contribution in [0.1, 0.15) is 80.1 Å². The van der Waals surface area contributed by atoms with Gasteiger partial charge in [-0.05, 0) is 80.0 Å². The minimum atomic E-state index is -0.445. The highest BCUT2D eigenvalue weighted by molar-refractivity contribution is 5.32. The van der Waals surface area contributed by atoms with Gasteiger partial charge >= 0.3 is 0 Å². The maximum Gasteiger partial charge on any atom is 0.109 e. The van der Waals surface area contributed by atoms with Crippen LogP contribution in [0.25, 0.3) is 0 Å². The number of fused-ring (bicyclic) bond motifs is 4. The third-order valence-corrected chi connectivity index (χ3v) is 10.7. The minimum Gasteiger partial charge on any atom is -0.392 e. The van der Waals surface area contributed by atoms with Crippen molar-refractivity contribution in [2.45, 2.75) is 104 Å². The molecule has 3 heteroatoms. The third kappa shape index (κ3) is 2.07. The topological polar surface area (TPSA) is 49.7 Å². The maximum atomic E-state index is 11.5. The smallest absolute Gasteiger partial charge is 0.109 e. The van der Waals surface area contributed by atoms with Crippen molar-refractivity contribution in [3.63, 3.8) is 0 Å². The molecule has 2 aliphatic heterocycles. The van der Waals surface area contributed by atoms with E-state index in [1.54, 1.807) is 5.57 Å². The molecule has 0 amide bonds. The molecular weight excluding hydrogens is 348 g/mol. The fraction of sp³-hybridized carbons (Fsp3) is 0.920. The average Bonchev–Trinajstić information content (AvgIpc) is 2.87. The van der Waals surface area contributed by atoms with Gasteiger partial charge in [0.1, 0.15) is 6.10 Å². The van der Waals surface area contributed by atoms with Gasteiger partial charge in [-0.25, -0.2) is 0 Å². The summed E-state index contributed by atoms with van der Waals surface area (Å²) in [5.74, 6) is 2.33. The molecule has 3 nitrogen and oxygen atoms in total. The summed E-state index contributed by atoms with van der Waals surface area (Å²) < 4.78 is 6.30. The molecule has 10 atom stereocenters. The highest BCUT2D eigenvalue weighted by Gasteiger charge is 2.72. The number of hydrogen-bond acceptors (Lipinski definition) is 3. The predicted molar refractivity (Wildman–Crippen MR) is 111 cm³/mol. The van der Waals surface area contributed by atoms with Gasteiger partial charge in [-0.15, -0.1) is 0 Å². The summed E-state index contributed by atoms with van der Waals surface area (Å²) in [6.07, 6.45) is 8.05. The van der Waals surface area contributed by atoms with Crippen LogP contribution in [0, 0.1) is 39.9 Å². The van der Waals surface area contributed by atoms with Gasteiger partial charge in [0.15, 0.2) is 0 Å². The second kappa shape index (κ2) is 5.65. The zero-order valence-electron chi connectivity index (χ0n) is 18.7. The van der Waals surface area contributed by atoms with Crippen LogP contribution in [0.15, 0.2) is 11.6 Å². The van der Waals surface area contributed by atoms with E-state index in [-0.39, 0.29) is 22.3 Å². The summed E-state index contributed by atoms with van der Waals surface area (Å²) >= 11 is 0. The van der Waals surface area contributed by atoms with Crippen molar-refractivity contribution in [2.24, 2.45) is 39.9 Å². The zero-order chi connectivity index (χ0) is 20.3. The molecule has 4 aliphatic carbocycles. The predicted octanol–water partition coefficient (Wildman–Crippen LogP) is 4.71. The average molecular weight is 389 g/mol. The van der Waals surface area contributed by atoms with E-state index in [4.69, 9.17) is 4.74 Å². The first-order valence-electron chi connectivity index (χ1n) is 11.7. The van der Waals surface area contributed by atoms with Crippen molar-refractivity contribution >= 4 is 0 Å². The number of rotatable bonds is 1. The van der Waals surface area contributed by atoms with Gasteiger partial charge in [-0.3, -0.25) is 0 Å².